The van der Waals surface area contributed by atoms with Crippen LogP contribution < -0.4 is 0 Å². The molecule has 0 unspecified atom stereocenters. The number of halogens is 6. The Labute approximate surface area is 312 Å². The van der Waals surface area contributed by atoms with E-state index in [1.807, 2.05) is 12.1 Å². The van der Waals surface area contributed by atoms with Crippen molar-refractivity contribution in [3.05, 3.63) is 130 Å². The fraction of sp³-hybridized carbons (Fsp3) is 0.263. The summed E-state index contributed by atoms with van der Waals surface area (Å²) in [6.45, 7) is -2.17. The van der Waals surface area contributed by atoms with E-state index in [1.165, 1.54) is 30.0 Å². The van der Waals surface area contributed by atoms with E-state index >= 15 is 0 Å². The van der Waals surface area contributed by atoms with Crippen molar-refractivity contribution in [3.8, 4) is 0 Å². The van der Waals surface area contributed by atoms with Crippen LogP contribution in [0.3, 0.4) is 0 Å². The minimum atomic E-state index is -4.86. The Kier molecular flexibility index (Phi) is 12.3. The molecule has 0 radical (unpaired) electrons. The molecule has 2 aliphatic rings. The number of ketones is 2. The van der Waals surface area contributed by atoms with E-state index in [-0.39, 0.29) is 30.3 Å². The van der Waals surface area contributed by atoms with Crippen LogP contribution in [0.2, 0.25) is 0 Å². The van der Waals surface area contributed by atoms with Crippen LogP contribution in [0, 0.1) is 10.8 Å². The Morgan fingerprint density at radius 2 is 0.926 bits per heavy atom. The summed E-state index contributed by atoms with van der Waals surface area (Å²) < 4.78 is 90.7. The first-order valence-electron chi connectivity index (χ1n) is 16.0. The first kappa shape index (κ1) is 40.5. The van der Waals surface area contributed by atoms with Gasteiger partial charge in [0.15, 0.2) is 11.6 Å². The number of fused-ring (bicyclic) bond motifs is 2. The summed E-state index contributed by atoms with van der Waals surface area (Å²) in [5, 5.41) is 18.5. The molecule has 0 atom stereocenters. The molecule has 2 N–H and O–H groups in total. The molecule has 0 bridgehead atoms. The second-order valence-corrected chi connectivity index (χ2v) is 14.4. The maximum Gasteiger partial charge on any atom is 0.417 e. The molecule has 2 aliphatic heterocycles. The maximum absolute atomic E-state index is 13.5. The van der Waals surface area contributed by atoms with Gasteiger partial charge in [-0.05, 0) is 36.4 Å². The number of benzene rings is 4. The maximum atomic E-state index is 13.5. The van der Waals surface area contributed by atoms with Crippen LogP contribution in [0.15, 0.2) is 107 Å². The normalized spacial score (nSPS) is 15.9. The SMILES string of the molecule is O=C(OCC1(COC(=O)c2ccccc2C(F)(F)F)CSc2ccccc2C1=O)c1ccccc1C(F)(F)F.O=C1c2ccccc2SCC1(CO)CO. The van der Waals surface area contributed by atoms with Gasteiger partial charge in [-0.1, -0.05) is 60.7 Å². The van der Waals surface area contributed by atoms with Gasteiger partial charge in [-0.15, -0.1) is 23.5 Å². The predicted octanol–water partition coefficient (Wildman–Crippen LogP) is 7.66. The van der Waals surface area contributed by atoms with E-state index in [0.717, 1.165) is 40.9 Å². The van der Waals surface area contributed by atoms with Gasteiger partial charge in [-0.25, -0.2) is 9.59 Å². The van der Waals surface area contributed by atoms with E-state index in [2.05, 4.69) is 0 Å². The third kappa shape index (κ3) is 8.51. The predicted molar refractivity (Wildman–Crippen MR) is 185 cm³/mol. The average Bonchev–Trinajstić information content (AvgIpc) is 3.17. The molecular weight excluding hydrogens is 763 g/mol. The van der Waals surface area contributed by atoms with Crippen LogP contribution in [0.4, 0.5) is 26.3 Å². The molecule has 54 heavy (non-hydrogen) atoms. The summed E-state index contributed by atoms with van der Waals surface area (Å²) in [6.07, 6.45) is -9.71. The van der Waals surface area contributed by atoms with E-state index in [1.54, 1.807) is 30.3 Å². The monoisotopic (exact) mass is 792 g/mol. The number of hydrogen-bond donors (Lipinski definition) is 2. The lowest BCUT2D eigenvalue weighted by atomic mass is 9.82. The topological polar surface area (TPSA) is 127 Å². The number of alkyl halides is 6. The summed E-state index contributed by atoms with van der Waals surface area (Å²) in [7, 11) is 0. The van der Waals surface area contributed by atoms with Crippen molar-refractivity contribution in [1.82, 2.24) is 0 Å². The number of esters is 2. The second-order valence-electron chi connectivity index (χ2n) is 12.3. The number of ether oxygens (including phenoxy) is 2. The van der Waals surface area contributed by atoms with Crippen LogP contribution in [0.5, 0.6) is 0 Å². The highest BCUT2D eigenvalue weighted by atomic mass is 32.2. The van der Waals surface area contributed by atoms with Crippen LogP contribution in [0.1, 0.15) is 52.6 Å². The standard InChI is InChI=1S/C27H18F6O5S.C11H12O3S/c28-26(29,30)19-10-4-1-7-16(19)23(35)37-13-25(15-39-21-12-6-3-9-18(21)22(25)34)14-38-24(36)17-8-2-5-11-20(17)27(31,32)33;12-5-11(6-13)7-15-9-4-2-1-3-8(9)10(11)14/h1-12H,13-15H2;1-4,12-13H,5-7H2. The van der Waals surface area contributed by atoms with Gasteiger partial charge in [0.05, 0.1) is 40.9 Å². The fourth-order valence-corrected chi connectivity index (χ4v) is 8.07. The zero-order valence-corrected chi connectivity index (χ0v) is 29.5. The number of carbonyl (C=O) groups excluding carboxylic acids is 4. The molecule has 0 saturated carbocycles. The van der Waals surface area contributed by atoms with Gasteiger partial charge >= 0.3 is 24.3 Å². The lowest BCUT2D eigenvalue weighted by molar-refractivity contribution is -0.138. The molecule has 16 heteroatoms. The molecular formula is C38H30F6O8S2. The quantitative estimate of drug-likeness (QED) is 0.136. The van der Waals surface area contributed by atoms with Crippen LogP contribution in [-0.4, -0.2) is 71.7 Å². The Balaban J connectivity index is 0.000000310. The van der Waals surface area contributed by atoms with Gasteiger partial charge in [0.1, 0.15) is 18.6 Å². The molecule has 0 fully saturated rings. The molecule has 0 aliphatic carbocycles. The molecule has 4 aromatic carbocycles. The van der Waals surface area contributed by atoms with Crippen LogP contribution in [-0.2, 0) is 21.8 Å². The number of carbonyl (C=O) groups is 4. The first-order valence-corrected chi connectivity index (χ1v) is 18.0. The lowest BCUT2D eigenvalue weighted by Gasteiger charge is -2.35. The molecule has 2 heterocycles. The van der Waals surface area contributed by atoms with Crippen LogP contribution >= 0.6 is 23.5 Å². The molecule has 8 nitrogen and oxygen atoms in total. The Bertz CT molecular complexity index is 1970. The highest BCUT2D eigenvalue weighted by molar-refractivity contribution is 7.99. The molecule has 0 spiro atoms. The van der Waals surface area contributed by atoms with Gasteiger partial charge in [0.25, 0.3) is 0 Å². The van der Waals surface area contributed by atoms with Gasteiger partial charge in [0.2, 0.25) is 0 Å². The summed E-state index contributed by atoms with van der Waals surface area (Å²) in [6, 6.07) is 21.5. The van der Waals surface area contributed by atoms with Crippen LogP contribution in [0.25, 0.3) is 0 Å². The number of thioether (sulfide) groups is 2. The first-order chi connectivity index (χ1) is 25.6. The van der Waals surface area contributed by atoms with E-state index in [4.69, 9.17) is 9.47 Å². The summed E-state index contributed by atoms with van der Waals surface area (Å²) in [4.78, 5) is 52.5. The molecule has 0 aromatic heterocycles. The van der Waals surface area contributed by atoms with Crippen molar-refractivity contribution >= 4 is 47.0 Å². The molecule has 0 amide bonds. The van der Waals surface area contributed by atoms with Gasteiger partial charge < -0.3 is 19.7 Å². The van der Waals surface area contributed by atoms with Crippen molar-refractivity contribution in [3.63, 3.8) is 0 Å². The Morgan fingerprint density at radius 1 is 0.574 bits per heavy atom. The zero-order chi connectivity index (χ0) is 39.3. The van der Waals surface area contributed by atoms with Gasteiger partial charge in [0, 0.05) is 32.4 Å². The Hall–Kier alpha value is -4.64. The number of Topliss-reactive ketones (excluding diaryl/α,β-unsaturated/α-hetero) is 2. The highest BCUT2D eigenvalue weighted by Crippen LogP contribution is 2.42. The van der Waals surface area contributed by atoms with E-state index in [9.17, 15) is 55.7 Å². The summed E-state index contributed by atoms with van der Waals surface area (Å²) in [5.74, 6) is -3.20. The summed E-state index contributed by atoms with van der Waals surface area (Å²) >= 11 is 2.65. The fourth-order valence-electron chi connectivity index (χ4n) is 5.61. The third-order valence-corrected chi connectivity index (χ3v) is 11.4. The largest absolute Gasteiger partial charge is 0.461 e. The minimum Gasteiger partial charge on any atom is -0.461 e. The van der Waals surface area contributed by atoms with Crippen molar-refractivity contribution in [2.45, 2.75) is 22.1 Å². The third-order valence-electron chi connectivity index (χ3n) is 8.70. The van der Waals surface area contributed by atoms with E-state index < -0.39 is 76.4 Å². The van der Waals surface area contributed by atoms with Crippen molar-refractivity contribution < 1.29 is 65.2 Å². The molecule has 6 rings (SSSR count). The number of hydrogen-bond acceptors (Lipinski definition) is 10. The molecule has 4 aromatic rings. The molecule has 0 saturated heterocycles. The summed E-state index contributed by atoms with van der Waals surface area (Å²) in [5.41, 5.74) is -6.03. The van der Waals surface area contributed by atoms with Crippen molar-refractivity contribution in [1.29, 1.82) is 0 Å². The van der Waals surface area contributed by atoms with Gasteiger partial charge in [-0.2, -0.15) is 26.3 Å². The smallest absolute Gasteiger partial charge is 0.417 e. The van der Waals surface area contributed by atoms with Crippen molar-refractivity contribution in [2.24, 2.45) is 10.8 Å². The van der Waals surface area contributed by atoms with E-state index in [0.29, 0.717) is 28.3 Å². The number of aliphatic hydroxyl groups is 2. The average molecular weight is 793 g/mol. The second kappa shape index (κ2) is 16.4. The van der Waals surface area contributed by atoms with Crippen molar-refractivity contribution in [2.75, 3.05) is 37.9 Å². The molecule has 284 valence electrons. The zero-order valence-electron chi connectivity index (χ0n) is 27.9. The van der Waals surface area contributed by atoms with Gasteiger partial charge in [-0.3, -0.25) is 9.59 Å². The number of rotatable bonds is 8. The highest BCUT2D eigenvalue weighted by Gasteiger charge is 2.47. The Morgan fingerprint density at radius 3 is 1.33 bits per heavy atom. The minimum absolute atomic E-state index is 0.120. The number of aliphatic hydroxyl groups excluding tert-OH is 2. The lowest BCUT2D eigenvalue weighted by Crippen LogP contribution is -2.46.